The van der Waals surface area contributed by atoms with Gasteiger partial charge < -0.3 is 15.0 Å². The van der Waals surface area contributed by atoms with Gasteiger partial charge in [0.1, 0.15) is 12.4 Å². The molecule has 2 amide bonds. The van der Waals surface area contributed by atoms with Crippen LogP contribution in [0.2, 0.25) is 0 Å². The highest BCUT2D eigenvalue weighted by molar-refractivity contribution is 5.99. The molecule has 5 nitrogen and oxygen atoms in total. The lowest BCUT2D eigenvalue weighted by molar-refractivity contribution is -0.117. The second-order valence-electron chi connectivity index (χ2n) is 6.54. The Morgan fingerprint density at radius 3 is 2.87 bits per heavy atom. The minimum Gasteiger partial charge on any atom is -0.491 e. The summed E-state index contributed by atoms with van der Waals surface area (Å²) in [6.07, 6.45) is 6.62. The van der Waals surface area contributed by atoms with E-state index in [0.29, 0.717) is 42.5 Å². The molecule has 1 aromatic carbocycles. The van der Waals surface area contributed by atoms with Crippen molar-refractivity contribution in [3.05, 3.63) is 23.8 Å². The van der Waals surface area contributed by atoms with Gasteiger partial charge in [-0.1, -0.05) is 19.3 Å². The second-order valence-corrected chi connectivity index (χ2v) is 6.54. The molecular weight excluding hydrogens is 292 g/mol. The van der Waals surface area contributed by atoms with Crippen molar-refractivity contribution >= 4 is 17.5 Å². The first-order valence-corrected chi connectivity index (χ1v) is 8.45. The van der Waals surface area contributed by atoms with Crippen LogP contribution in [-0.2, 0) is 4.79 Å². The molecule has 3 rings (SSSR count). The molecule has 1 aliphatic carbocycles. The van der Waals surface area contributed by atoms with Gasteiger partial charge in [-0.2, -0.15) is 0 Å². The van der Waals surface area contributed by atoms with Gasteiger partial charge in [0.15, 0.2) is 0 Å². The summed E-state index contributed by atoms with van der Waals surface area (Å²) in [5, 5.41) is 2.93. The van der Waals surface area contributed by atoms with Crippen LogP contribution in [0.1, 0.15) is 48.9 Å². The number of carbonyl (C=O) groups excluding carboxylic acids is 2. The molecule has 1 fully saturated rings. The third-order valence-electron chi connectivity index (χ3n) is 4.72. The van der Waals surface area contributed by atoms with Crippen molar-refractivity contribution in [1.29, 1.82) is 0 Å². The van der Waals surface area contributed by atoms with Gasteiger partial charge in [0, 0.05) is 19.2 Å². The number of nitrogens with one attached hydrogen (secondary N) is 1. The quantitative estimate of drug-likeness (QED) is 0.932. The Bertz CT molecular complexity index is 594. The minimum atomic E-state index is -0.0686. The van der Waals surface area contributed by atoms with Gasteiger partial charge in [0.2, 0.25) is 5.91 Å². The molecule has 2 aliphatic rings. The van der Waals surface area contributed by atoms with Crippen LogP contribution >= 0.6 is 0 Å². The summed E-state index contributed by atoms with van der Waals surface area (Å²) in [7, 11) is 1.76. The van der Waals surface area contributed by atoms with E-state index in [2.05, 4.69) is 5.32 Å². The van der Waals surface area contributed by atoms with Gasteiger partial charge >= 0.3 is 0 Å². The summed E-state index contributed by atoms with van der Waals surface area (Å²) in [6.45, 7) is 1.06. The number of nitrogens with zero attached hydrogens (tertiary/aromatic N) is 1. The highest BCUT2D eigenvalue weighted by atomic mass is 16.5. The number of benzene rings is 1. The van der Waals surface area contributed by atoms with E-state index in [4.69, 9.17) is 4.74 Å². The number of hydrogen-bond donors (Lipinski definition) is 1. The average Bonchev–Trinajstić information content (AvgIpc) is 2.68. The Labute approximate surface area is 137 Å². The second kappa shape index (κ2) is 7.02. The highest BCUT2D eigenvalue weighted by Gasteiger charge is 2.22. The number of rotatable bonds is 3. The van der Waals surface area contributed by atoms with E-state index in [-0.39, 0.29) is 11.8 Å². The number of hydrogen-bond acceptors (Lipinski definition) is 3. The van der Waals surface area contributed by atoms with Crippen molar-refractivity contribution in [2.24, 2.45) is 5.92 Å². The molecule has 1 aromatic rings. The topological polar surface area (TPSA) is 58.6 Å². The Kier molecular flexibility index (Phi) is 4.84. The van der Waals surface area contributed by atoms with E-state index >= 15 is 0 Å². The average molecular weight is 316 g/mol. The molecule has 0 unspecified atom stereocenters. The van der Waals surface area contributed by atoms with E-state index < -0.39 is 0 Å². The van der Waals surface area contributed by atoms with Gasteiger partial charge in [-0.15, -0.1) is 0 Å². The summed E-state index contributed by atoms with van der Waals surface area (Å²) in [4.78, 5) is 26.2. The minimum absolute atomic E-state index is 0.0344. The Morgan fingerprint density at radius 2 is 2.09 bits per heavy atom. The van der Waals surface area contributed by atoms with Crippen LogP contribution in [0.3, 0.4) is 0 Å². The van der Waals surface area contributed by atoms with Gasteiger partial charge in [-0.25, -0.2) is 0 Å². The number of fused-ring (bicyclic) bond motifs is 1. The lowest BCUT2D eigenvalue weighted by Gasteiger charge is -2.21. The zero-order chi connectivity index (χ0) is 16.2. The van der Waals surface area contributed by atoms with E-state index in [0.717, 1.165) is 12.8 Å². The maximum Gasteiger partial charge on any atom is 0.257 e. The standard InChI is InChI=1S/C18H24N2O3/c1-20-9-10-23-16-8-7-14(12-15(16)18(20)22)19-17(21)11-13-5-3-2-4-6-13/h7-8,12-13H,2-6,9-11H2,1H3,(H,19,21). The van der Waals surface area contributed by atoms with Crippen molar-refractivity contribution in [1.82, 2.24) is 4.90 Å². The summed E-state index contributed by atoms with van der Waals surface area (Å²) in [6, 6.07) is 5.29. The molecule has 23 heavy (non-hydrogen) atoms. The highest BCUT2D eigenvalue weighted by Crippen LogP contribution is 2.28. The molecule has 1 aliphatic heterocycles. The van der Waals surface area contributed by atoms with Crippen molar-refractivity contribution < 1.29 is 14.3 Å². The van der Waals surface area contributed by atoms with Crippen LogP contribution in [0.25, 0.3) is 0 Å². The molecule has 1 saturated carbocycles. The van der Waals surface area contributed by atoms with Crippen molar-refractivity contribution in [2.45, 2.75) is 38.5 Å². The summed E-state index contributed by atoms with van der Waals surface area (Å²) >= 11 is 0. The number of carbonyl (C=O) groups is 2. The fourth-order valence-corrected chi connectivity index (χ4v) is 3.37. The molecule has 0 bridgehead atoms. The third kappa shape index (κ3) is 3.84. The number of likely N-dealkylation sites (N-methyl/N-ethyl adjacent to an activating group) is 1. The van der Waals surface area contributed by atoms with Gasteiger partial charge in [-0.3, -0.25) is 9.59 Å². The van der Waals surface area contributed by atoms with Crippen LogP contribution in [0.4, 0.5) is 5.69 Å². The van der Waals surface area contributed by atoms with Gasteiger partial charge in [0.05, 0.1) is 12.1 Å². The van der Waals surface area contributed by atoms with E-state index in [1.54, 1.807) is 30.1 Å². The normalized spacial score (nSPS) is 18.8. The summed E-state index contributed by atoms with van der Waals surface area (Å²) in [5.41, 5.74) is 1.18. The van der Waals surface area contributed by atoms with Crippen LogP contribution in [0, 0.1) is 5.92 Å². The van der Waals surface area contributed by atoms with Crippen LogP contribution in [0.5, 0.6) is 5.75 Å². The molecule has 0 radical (unpaired) electrons. The first-order valence-electron chi connectivity index (χ1n) is 8.45. The Balaban J connectivity index is 1.67. The number of amides is 2. The van der Waals surface area contributed by atoms with Gasteiger partial charge in [0.25, 0.3) is 5.91 Å². The first-order chi connectivity index (χ1) is 11.1. The van der Waals surface area contributed by atoms with Crippen molar-refractivity contribution in [2.75, 3.05) is 25.5 Å². The smallest absolute Gasteiger partial charge is 0.257 e. The third-order valence-corrected chi connectivity index (χ3v) is 4.72. The van der Waals surface area contributed by atoms with Gasteiger partial charge in [-0.05, 0) is 37.0 Å². The molecule has 0 saturated heterocycles. The SMILES string of the molecule is CN1CCOc2ccc(NC(=O)CC3CCCCC3)cc2C1=O. The molecular formula is C18H24N2O3. The van der Waals surface area contributed by atoms with Crippen LogP contribution in [0.15, 0.2) is 18.2 Å². The maximum absolute atomic E-state index is 12.3. The zero-order valence-corrected chi connectivity index (χ0v) is 13.6. The fourth-order valence-electron chi connectivity index (χ4n) is 3.37. The lowest BCUT2D eigenvalue weighted by Crippen LogP contribution is -2.27. The van der Waals surface area contributed by atoms with E-state index in [1.165, 1.54) is 19.3 Å². The molecule has 0 aromatic heterocycles. The molecule has 124 valence electrons. The predicted molar refractivity (Wildman–Crippen MR) is 88.7 cm³/mol. The molecule has 1 heterocycles. The van der Waals surface area contributed by atoms with Crippen LogP contribution < -0.4 is 10.1 Å². The van der Waals surface area contributed by atoms with Crippen molar-refractivity contribution in [3.8, 4) is 5.75 Å². The Morgan fingerprint density at radius 1 is 1.30 bits per heavy atom. The summed E-state index contributed by atoms with van der Waals surface area (Å²) in [5.74, 6) is 1.05. The Hall–Kier alpha value is -2.04. The van der Waals surface area contributed by atoms with Crippen LogP contribution in [-0.4, -0.2) is 36.9 Å². The predicted octanol–water partition coefficient (Wildman–Crippen LogP) is 3.06. The largest absolute Gasteiger partial charge is 0.491 e. The van der Waals surface area contributed by atoms with E-state index in [1.807, 2.05) is 0 Å². The van der Waals surface area contributed by atoms with E-state index in [9.17, 15) is 9.59 Å². The lowest BCUT2D eigenvalue weighted by atomic mass is 9.87. The first kappa shape index (κ1) is 15.8. The number of anilines is 1. The van der Waals surface area contributed by atoms with Crippen molar-refractivity contribution in [3.63, 3.8) is 0 Å². The fraction of sp³-hybridized carbons (Fsp3) is 0.556. The monoisotopic (exact) mass is 316 g/mol. The zero-order valence-electron chi connectivity index (χ0n) is 13.6. The molecule has 0 spiro atoms. The summed E-state index contributed by atoms with van der Waals surface area (Å²) < 4.78 is 5.60. The molecule has 0 atom stereocenters. The maximum atomic E-state index is 12.3. The molecule has 1 N–H and O–H groups in total. The number of ether oxygens (including phenoxy) is 1. The molecule has 5 heteroatoms.